The molecule has 1 aromatic carbocycles. The number of fused-ring (bicyclic) bond motifs is 1. The van der Waals surface area contributed by atoms with Crippen molar-refractivity contribution in [2.45, 2.75) is 12.3 Å². The molecule has 1 saturated heterocycles. The lowest BCUT2D eigenvalue weighted by molar-refractivity contribution is -0.131. The zero-order valence-electron chi connectivity index (χ0n) is 16.0. The number of halogens is 1. The maximum absolute atomic E-state index is 12.9. The van der Waals surface area contributed by atoms with Crippen LogP contribution in [-0.2, 0) is 10.2 Å². The first-order valence-corrected chi connectivity index (χ1v) is 9.46. The van der Waals surface area contributed by atoms with Gasteiger partial charge in [-0.2, -0.15) is 5.10 Å². The third-order valence-corrected chi connectivity index (χ3v) is 5.94. The van der Waals surface area contributed by atoms with Crippen LogP contribution in [0.4, 0.5) is 0 Å². The minimum atomic E-state index is -0.938. The van der Waals surface area contributed by atoms with Crippen molar-refractivity contribution in [1.82, 2.24) is 19.7 Å². The number of carbonyl (C=O) groups is 2. The fourth-order valence-electron chi connectivity index (χ4n) is 4.08. The maximum Gasteiger partial charge on any atom is 0.269 e. The SMILES string of the molecule is CN1CC(CO)[C@](C)(c2cc(Cl)cc(-n3nc(C(N)=O)c4cccnc43)c2)C1=O. The van der Waals surface area contributed by atoms with E-state index in [-0.39, 0.29) is 24.1 Å². The van der Waals surface area contributed by atoms with E-state index >= 15 is 0 Å². The van der Waals surface area contributed by atoms with Crippen molar-refractivity contribution in [2.75, 3.05) is 20.2 Å². The Morgan fingerprint density at radius 3 is 2.86 bits per heavy atom. The minimum Gasteiger partial charge on any atom is -0.396 e. The van der Waals surface area contributed by atoms with E-state index in [9.17, 15) is 14.7 Å². The highest BCUT2D eigenvalue weighted by atomic mass is 35.5. The van der Waals surface area contributed by atoms with Gasteiger partial charge in [-0.3, -0.25) is 9.59 Å². The fourth-order valence-corrected chi connectivity index (χ4v) is 4.31. The summed E-state index contributed by atoms with van der Waals surface area (Å²) in [7, 11) is 1.71. The molecule has 3 heterocycles. The van der Waals surface area contributed by atoms with Crippen LogP contribution in [0.1, 0.15) is 23.0 Å². The molecule has 9 heteroatoms. The molecule has 0 bridgehead atoms. The van der Waals surface area contributed by atoms with Crippen LogP contribution in [0.25, 0.3) is 16.7 Å². The number of amides is 2. The lowest BCUT2D eigenvalue weighted by Crippen LogP contribution is -2.38. The highest BCUT2D eigenvalue weighted by Crippen LogP contribution is 2.41. The molecule has 0 aliphatic carbocycles. The molecule has 2 amide bonds. The van der Waals surface area contributed by atoms with Crippen molar-refractivity contribution >= 4 is 34.4 Å². The molecular weight excluding hydrogens is 394 g/mol. The Labute approximate surface area is 171 Å². The number of hydrogen-bond donors (Lipinski definition) is 2. The number of carbonyl (C=O) groups excluding carboxylic acids is 2. The van der Waals surface area contributed by atoms with E-state index < -0.39 is 11.3 Å². The van der Waals surface area contributed by atoms with Crippen LogP contribution in [-0.4, -0.2) is 56.8 Å². The van der Waals surface area contributed by atoms with Gasteiger partial charge in [0.2, 0.25) is 5.91 Å². The second-order valence-electron chi connectivity index (χ2n) is 7.46. The average molecular weight is 414 g/mol. The highest BCUT2D eigenvalue weighted by molar-refractivity contribution is 6.30. The molecule has 2 atom stereocenters. The van der Waals surface area contributed by atoms with Gasteiger partial charge in [-0.25, -0.2) is 9.67 Å². The van der Waals surface area contributed by atoms with Crippen molar-refractivity contribution in [2.24, 2.45) is 11.7 Å². The number of benzene rings is 1. The molecule has 150 valence electrons. The lowest BCUT2D eigenvalue weighted by Gasteiger charge is -2.28. The number of primary amides is 1. The maximum atomic E-state index is 12.9. The summed E-state index contributed by atoms with van der Waals surface area (Å²) in [5, 5.41) is 15.1. The van der Waals surface area contributed by atoms with Gasteiger partial charge in [-0.05, 0) is 42.8 Å². The Bertz CT molecular complexity index is 1140. The number of hydrogen-bond acceptors (Lipinski definition) is 5. The van der Waals surface area contributed by atoms with Gasteiger partial charge in [0.25, 0.3) is 5.91 Å². The summed E-state index contributed by atoms with van der Waals surface area (Å²) in [6, 6.07) is 8.60. The number of pyridine rings is 1. The van der Waals surface area contributed by atoms with Gasteiger partial charge in [-0.1, -0.05) is 11.6 Å². The standard InChI is InChI=1S/C20H20ClN5O3/c1-20(12(10-27)9-25(2)19(20)29)11-6-13(21)8-14(7-11)26-18-15(4-3-5-23-18)16(24-26)17(22)28/h3-8,12,27H,9-10H2,1-2H3,(H2,22,28)/t12?,20-/m0/s1. The van der Waals surface area contributed by atoms with Crippen LogP contribution < -0.4 is 5.73 Å². The second-order valence-corrected chi connectivity index (χ2v) is 7.90. The van der Waals surface area contributed by atoms with E-state index in [0.29, 0.717) is 33.9 Å². The molecule has 0 spiro atoms. The number of likely N-dealkylation sites (N-methyl/N-ethyl adjacent to an activating group) is 1. The topological polar surface area (TPSA) is 114 Å². The molecule has 8 nitrogen and oxygen atoms in total. The number of rotatable bonds is 4. The Morgan fingerprint density at radius 2 is 2.17 bits per heavy atom. The number of nitrogens with two attached hydrogens (primary N) is 1. The normalized spacial score (nSPS) is 21.9. The van der Waals surface area contributed by atoms with Crippen LogP contribution in [0.15, 0.2) is 36.5 Å². The first-order valence-electron chi connectivity index (χ1n) is 9.08. The van der Waals surface area contributed by atoms with Crippen LogP contribution in [0.2, 0.25) is 5.02 Å². The Kier molecular flexibility index (Phi) is 4.55. The number of aliphatic hydroxyl groups excluding tert-OH is 1. The van der Waals surface area contributed by atoms with Gasteiger partial charge in [0.1, 0.15) is 0 Å². The Balaban J connectivity index is 1.93. The molecule has 1 aliphatic heterocycles. The summed E-state index contributed by atoms with van der Waals surface area (Å²) in [5.41, 5.74) is 6.30. The van der Waals surface area contributed by atoms with E-state index in [1.54, 1.807) is 48.5 Å². The summed E-state index contributed by atoms with van der Waals surface area (Å²) in [5.74, 6) is -1.03. The monoisotopic (exact) mass is 413 g/mol. The van der Waals surface area contributed by atoms with Crippen molar-refractivity contribution in [3.8, 4) is 5.69 Å². The van der Waals surface area contributed by atoms with Crippen molar-refractivity contribution in [3.63, 3.8) is 0 Å². The largest absolute Gasteiger partial charge is 0.396 e. The van der Waals surface area contributed by atoms with Gasteiger partial charge in [0.05, 0.1) is 16.5 Å². The molecule has 1 fully saturated rings. The van der Waals surface area contributed by atoms with E-state index in [0.717, 1.165) is 0 Å². The molecule has 3 N–H and O–H groups in total. The minimum absolute atomic E-state index is 0.0916. The molecule has 2 aromatic heterocycles. The van der Waals surface area contributed by atoms with Gasteiger partial charge in [0, 0.05) is 37.3 Å². The number of nitrogens with zero attached hydrogens (tertiary/aromatic N) is 4. The summed E-state index contributed by atoms with van der Waals surface area (Å²) >= 11 is 6.40. The van der Waals surface area contributed by atoms with Crippen molar-refractivity contribution in [1.29, 1.82) is 0 Å². The van der Waals surface area contributed by atoms with Crippen LogP contribution in [0.5, 0.6) is 0 Å². The second kappa shape index (κ2) is 6.82. The smallest absolute Gasteiger partial charge is 0.269 e. The first-order chi connectivity index (χ1) is 13.8. The van der Waals surface area contributed by atoms with Gasteiger partial charge >= 0.3 is 0 Å². The number of aliphatic hydroxyl groups is 1. The summed E-state index contributed by atoms with van der Waals surface area (Å²) < 4.78 is 1.49. The summed E-state index contributed by atoms with van der Waals surface area (Å²) in [4.78, 5) is 30.7. The molecule has 0 radical (unpaired) electrons. The van der Waals surface area contributed by atoms with Gasteiger partial charge in [0.15, 0.2) is 11.3 Å². The zero-order valence-corrected chi connectivity index (χ0v) is 16.7. The van der Waals surface area contributed by atoms with Crippen molar-refractivity contribution in [3.05, 3.63) is 52.8 Å². The van der Waals surface area contributed by atoms with Crippen LogP contribution >= 0.6 is 11.6 Å². The fraction of sp³-hybridized carbons (Fsp3) is 0.300. The third kappa shape index (κ3) is 2.87. The van der Waals surface area contributed by atoms with Crippen LogP contribution in [0, 0.1) is 5.92 Å². The van der Waals surface area contributed by atoms with Gasteiger partial charge in [-0.15, -0.1) is 0 Å². The van der Waals surface area contributed by atoms with E-state index in [4.69, 9.17) is 17.3 Å². The van der Waals surface area contributed by atoms with E-state index in [1.165, 1.54) is 4.68 Å². The molecule has 29 heavy (non-hydrogen) atoms. The molecule has 1 aliphatic rings. The van der Waals surface area contributed by atoms with E-state index in [2.05, 4.69) is 10.1 Å². The zero-order chi connectivity index (χ0) is 20.9. The quantitative estimate of drug-likeness (QED) is 0.672. The summed E-state index contributed by atoms with van der Waals surface area (Å²) in [6.45, 7) is 2.13. The average Bonchev–Trinajstić information content (AvgIpc) is 3.19. The third-order valence-electron chi connectivity index (χ3n) is 5.72. The predicted octanol–water partition coefficient (Wildman–Crippen LogP) is 1.51. The number of likely N-dealkylation sites (tertiary alicyclic amines) is 1. The Hall–Kier alpha value is -2.97. The highest BCUT2D eigenvalue weighted by Gasteiger charge is 2.50. The van der Waals surface area contributed by atoms with Gasteiger partial charge < -0.3 is 15.7 Å². The number of aromatic nitrogens is 3. The van der Waals surface area contributed by atoms with Crippen LogP contribution in [0.3, 0.4) is 0 Å². The predicted molar refractivity (Wildman–Crippen MR) is 108 cm³/mol. The molecule has 0 saturated carbocycles. The van der Waals surface area contributed by atoms with E-state index in [1.807, 2.05) is 6.92 Å². The molecule has 3 aromatic rings. The Morgan fingerprint density at radius 1 is 1.41 bits per heavy atom. The first kappa shape index (κ1) is 19.4. The molecular formula is C20H20ClN5O3. The lowest BCUT2D eigenvalue weighted by atomic mass is 9.74. The molecule has 4 rings (SSSR count). The summed E-state index contributed by atoms with van der Waals surface area (Å²) in [6.07, 6.45) is 1.59. The molecule has 1 unspecified atom stereocenters. The van der Waals surface area contributed by atoms with Crippen molar-refractivity contribution < 1.29 is 14.7 Å².